The van der Waals surface area contributed by atoms with Gasteiger partial charge in [-0.1, -0.05) is 13.3 Å². The summed E-state index contributed by atoms with van der Waals surface area (Å²) in [4.78, 5) is 0. The molecule has 1 aromatic rings. The van der Waals surface area contributed by atoms with Crippen molar-refractivity contribution in [1.29, 1.82) is 0 Å². The van der Waals surface area contributed by atoms with Gasteiger partial charge in [0, 0.05) is 13.1 Å². The lowest BCUT2D eigenvalue weighted by Gasteiger charge is -2.38. The molecule has 15 heavy (non-hydrogen) atoms. The zero-order valence-electron chi connectivity index (χ0n) is 9.20. The molecule has 1 atom stereocenters. The van der Waals surface area contributed by atoms with E-state index >= 15 is 0 Å². The number of aliphatic hydroxyl groups is 1. The van der Waals surface area contributed by atoms with Gasteiger partial charge in [-0.2, -0.15) is 0 Å². The van der Waals surface area contributed by atoms with Gasteiger partial charge in [0.05, 0.1) is 6.26 Å². The Bertz CT molecular complexity index is 291. The van der Waals surface area contributed by atoms with Crippen LogP contribution in [0.15, 0.2) is 22.8 Å². The number of rotatable bonds is 5. The Morgan fingerprint density at radius 3 is 2.93 bits per heavy atom. The van der Waals surface area contributed by atoms with Crippen LogP contribution < -0.4 is 5.32 Å². The summed E-state index contributed by atoms with van der Waals surface area (Å²) in [7, 11) is 0. The number of hydrogen-bond donors (Lipinski definition) is 2. The molecule has 0 aliphatic heterocycles. The molecule has 0 saturated heterocycles. The molecule has 2 rings (SSSR count). The first-order chi connectivity index (χ1) is 7.20. The molecule has 2 N–H and O–H groups in total. The molecule has 3 heteroatoms. The van der Waals surface area contributed by atoms with E-state index in [9.17, 15) is 5.11 Å². The SMILES string of the molecule is CC1(CNCC(O)c2ccco2)CCC1. The predicted molar refractivity (Wildman–Crippen MR) is 58.5 cm³/mol. The second-order valence-electron chi connectivity index (χ2n) is 4.83. The normalized spacial score (nSPS) is 20.9. The van der Waals surface area contributed by atoms with Crippen molar-refractivity contribution in [3.05, 3.63) is 24.2 Å². The lowest BCUT2D eigenvalue weighted by atomic mass is 9.70. The molecular formula is C12H19NO2. The van der Waals surface area contributed by atoms with E-state index in [1.807, 2.05) is 0 Å². The van der Waals surface area contributed by atoms with Crippen LogP contribution in [-0.2, 0) is 0 Å². The van der Waals surface area contributed by atoms with Gasteiger partial charge in [0.15, 0.2) is 0 Å². The highest BCUT2D eigenvalue weighted by Gasteiger charge is 2.31. The average molecular weight is 209 g/mol. The van der Waals surface area contributed by atoms with E-state index in [4.69, 9.17) is 4.42 Å². The number of nitrogens with one attached hydrogen (secondary N) is 1. The Hall–Kier alpha value is -0.800. The van der Waals surface area contributed by atoms with Crippen LogP contribution in [0.5, 0.6) is 0 Å². The summed E-state index contributed by atoms with van der Waals surface area (Å²) in [6.07, 6.45) is 5.02. The predicted octanol–water partition coefficient (Wildman–Crippen LogP) is 2.09. The highest BCUT2D eigenvalue weighted by molar-refractivity contribution is 5.02. The smallest absolute Gasteiger partial charge is 0.133 e. The highest BCUT2D eigenvalue weighted by atomic mass is 16.4. The van der Waals surface area contributed by atoms with E-state index in [1.165, 1.54) is 19.3 Å². The van der Waals surface area contributed by atoms with Crippen molar-refractivity contribution in [2.45, 2.75) is 32.3 Å². The van der Waals surface area contributed by atoms with Gasteiger partial charge in [0.25, 0.3) is 0 Å². The molecule has 0 aromatic carbocycles. The highest BCUT2D eigenvalue weighted by Crippen LogP contribution is 2.39. The van der Waals surface area contributed by atoms with Crippen LogP contribution >= 0.6 is 0 Å². The van der Waals surface area contributed by atoms with Crippen molar-refractivity contribution in [3.8, 4) is 0 Å². The first kappa shape index (κ1) is 10.7. The van der Waals surface area contributed by atoms with E-state index < -0.39 is 6.10 Å². The van der Waals surface area contributed by atoms with Gasteiger partial charge in [-0.05, 0) is 30.4 Å². The maximum atomic E-state index is 9.74. The van der Waals surface area contributed by atoms with Gasteiger partial charge in [0.2, 0.25) is 0 Å². The molecule has 84 valence electrons. The molecule has 1 heterocycles. The summed E-state index contributed by atoms with van der Waals surface area (Å²) in [6.45, 7) is 3.86. The molecule has 1 fully saturated rings. The molecule has 3 nitrogen and oxygen atoms in total. The van der Waals surface area contributed by atoms with E-state index in [2.05, 4.69) is 12.2 Å². The van der Waals surface area contributed by atoms with Crippen LogP contribution in [0.2, 0.25) is 0 Å². The van der Waals surface area contributed by atoms with Crippen molar-refractivity contribution in [1.82, 2.24) is 5.32 Å². The summed E-state index contributed by atoms with van der Waals surface area (Å²) >= 11 is 0. The second kappa shape index (κ2) is 4.37. The van der Waals surface area contributed by atoms with Crippen molar-refractivity contribution in [3.63, 3.8) is 0 Å². The second-order valence-corrected chi connectivity index (χ2v) is 4.83. The Balaban J connectivity index is 1.69. The van der Waals surface area contributed by atoms with Gasteiger partial charge in [-0.25, -0.2) is 0 Å². The van der Waals surface area contributed by atoms with Crippen molar-refractivity contribution >= 4 is 0 Å². The maximum absolute atomic E-state index is 9.74. The monoisotopic (exact) mass is 209 g/mol. The molecule has 0 bridgehead atoms. The fourth-order valence-corrected chi connectivity index (χ4v) is 2.05. The van der Waals surface area contributed by atoms with Crippen molar-refractivity contribution in [2.24, 2.45) is 5.41 Å². The molecule has 1 aliphatic rings. The minimum Gasteiger partial charge on any atom is -0.467 e. The summed E-state index contributed by atoms with van der Waals surface area (Å²) < 4.78 is 5.13. The van der Waals surface area contributed by atoms with Gasteiger partial charge < -0.3 is 14.8 Å². The van der Waals surface area contributed by atoms with E-state index in [0.717, 1.165) is 6.54 Å². The summed E-state index contributed by atoms with van der Waals surface area (Å²) in [5, 5.41) is 13.0. The van der Waals surface area contributed by atoms with Crippen LogP contribution in [0.25, 0.3) is 0 Å². The van der Waals surface area contributed by atoms with Crippen LogP contribution in [0, 0.1) is 5.41 Å². The average Bonchev–Trinajstić information content (AvgIpc) is 2.67. The summed E-state index contributed by atoms with van der Waals surface area (Å²) in [5.74, 6) is 0.640. The van der Waals surface area contributed by atoms with Crippen LogP contribution in [0.1, 0.15) is 38.1 Å². The number of furan rings is 1. The third kappa shape index (κ3) is 2.61. The summed E-state index contributed by atoms with van der Waals surface area (Å²) in [6, 6.07) is 3.60. The standard InChI is InChI=1S/C12H19NO2/c1-12(5-3-6-12)9-13-8-10(14)11-4-2-7-15-11/h2,4,7,10,13-14H,3,5-6,8-9H2,1H3. The molecular weight excluding hydrogens is 190 g/mol. The molecule has 1 saturated carbocycles. The maximum Gasteiger partial charge on any atom is 0.133 e. The minimum absolute atomic E-state index is 0.461. The number of aliphatic hydroxyl groups excluding tert-OH is 1. The fraction of sp³-hybridized carbons (Fsp3) is 0.667. The Kier molecular flexibility index (Phi) is 3.12. The quantitative estimate of drug-likeness (QED) is 0.780. The molecule has 0 spiro atoms. The van der Waals surface area contributed by atoms with Gasteiger partial charge in [-0.15, -0.1) is 0 Å². The van der Waals surface area contributed by atoms with Crippen LogP contribution in [-0.4, -0.2) is 18.2 Å². The third-order valence-electron chi connectivity index (χ3n) is 3.32. The van der Waals surface area contributed by atoms with Crippen molar-refractivity contribution in [2.75, 3.05) is 13.1 Å². The lowest BCUT2D eigenvalue weighted by Crippen LogP contribution is -2.38. The lowest BCUT2D eigenvalue weighted by molar-refractivity contribution is 0.121. The Labute approximate surface area is 90.5 Å². The molecule has 1 aliphatic carbocycles. The Morgan fingerprint density at radius 1 is 1.60 bits per heavy atom. The van der Waals surface area contributed by atoms with Gasteiger partial charge in [-0.3, -0.25) is 0 Å². The topological polar surface area (TPSA) is 45.4 Å². The van der Waals surface area contributed by atoms with Crippen LogP contribution in [0.3, 0.4) is 0 Å². The first-order valence-corrected chi connectivity index (χ1v) is 5.62. The molecule has 1 aromatic heterocycles. The molecule has 0 amide bonds. The zero-order chi connectivity index (χ0) is 10.7. The largest absolute Gasteiger partial charge is 0.467 e. The van der Waals surface area contributed by atoms with Gasteiger partial charge in [0.1, 0.15) is 11.9 Å². The third-order valence-corrected chi connectivity index (χ3v) is 3.32. The van der Waals surface area contributed by atoms with E-state index in [1.54, 1.807) is 18.4 Å². The Morgan fingerprint density at radius 2 is 2.40 bits per heavy atom. The minimum atomic E-state index is -0.524. The van der Waals surface area contributed by atoms with Crippen LogP contribution in [0.4, 0.5) is 0 Å². The molecule has 0 radical (unpaired) electrons. The van der Waals surface area contributed by atoms with Crippen molar-refractivity contribution < 1.29 is 9.52 Å². The fourth-order valence-electron chi connectivity index (χ4n) is 2.05. The van der Waals surface area contributed by atoms with E-state index in [0.29, 0.717) is 17.7 Å². The zero-order valence-corrected chi connectivity index (χ0v) is 9.20. The number of hydrogen-bond acceptors (Lipinski definition) is 3. The van der Waals surface area contributed by atoms with E-state index in [-0.39, 0.29) is 0 Å². The first-order valence-electron chi connectivity index (χ1n) is 5.62. The summed E-state index contributed by atoms with van der Waals surface area (Å²) in [5.41, 5.74) is 0.461. The van der Waals surface area contributed by atoms with Gasteiger partial charge >= 0.3 is 0 Å². The molecule has 1 unspecified atom stereocenters.